The Kier molecular flexibility index (Phi) is 8.59. The summed E-state index contributed by atoms with van der Waals surface area (Å²) in [5, 5.41) is 3.17. The summed E-state index contributed by atoms with van der Waals surface area (Å²) in [6, 6.07) is 1.08. The quantitative estimate of drug-likeness (QED) is 0.446. The summed E-state index contributed by atoms with van der Waals surface area (Å²) in [5.41, 5.74) is -3.41. The fourth-order valence-electron chi connectivity index (χ4n) is 4.58. The number of hydrogen-bond donors (Lipinski definition) is 1. The van der Waals surface area contributed by atoms with E-state index in [0.29, 0.717) is 19.3 Å². The van der Waals surface area contributed by atoms with Gasteiger partial charge in [0, 0.05) is 24.7 Å². The highest BCUT2D eigenvalue weighted by atomic mass is 19.4. The van der Waals surface area contributed by atoms with Crippen molar-refractivity contribution in [1.29, 1.82) is 0 Å². The van der Waals surface area contributed by atoms with Gasteiger partial charge in [-0.3, -0.25) is 0 Å². The molecule has 1 aliphatic heterocycles. The average molecular weight is 497 g/mol. The van der Waals surface area contributed by atoms with Crippen molar-refractivity contribution in [2.75, 3.05) is 0 Å². The zero-order valence-electron chi connectivity index (χ0n) is 20.4. The van der Waals surface area contributed by atoms with Gasteiger partial charge in [0.15, 0.2) is 0 Å². The molecule has 0 saturated carbocycles. The Bertz CT molecular complexity index is 815. The SMILES string of the molecule is CC[C@@H]1C[C@H](NCc2cc(C(F)(F)F)cc(C(F)(F)F)c2)C(C)[C@H](CC)N1C(=O)OC(C)(C)C. The van der Waals surface area contributed by atoms with Gasteiger partial charge >= 0.3 is 18.4 Å². The maximum absolute atomic E-state index is 13.2. The summed E-state index contributed by atoms with van der Waals surface area (Å²) in [5.74, 6) is -0.0896. The van der Waals surface area contributed by atoms with Crippen LogP contribution in [0, 0.1) is 5.92 Å². The van der Waals surface area contributed by atoms with Crippen molar-refractivity contribution in [1.82, 2.24) is 10.2 Å². The summed E-state index contributed by atoms with van der Waals surface area (Å²) in [6.07, 6.45) is -8.40. The number of halogens is 6. The minimum Gasteiger partial charge on any atom is -0.444 e. The second-order valence-electron chi connectivity index (χ2n) is 9.92. The summed E-state index contributed by atoms with van der Waals surface area (Å²) < 4.78 is 84.7. The summed E-state index contributed by atoms with van der Waals surface area (Å²) in [4.78, 5) is 14.7. The molecule has 34 heavy (non-hydrogen) atoms. The molecule has 10 heteroatoms. The van der Waals surface area contributed by atoms with Crippen LogP contribution < -0.4 is 5.32 Å². The third-order valence-electron chi connectivity index (χ3n) is 6.23. The molecule has 194 valence electrons. The Morgan fingerprint density at radius 1 is 1.00 bits per heavy atom. The van der Waals surface area contributed by atoms with Gasteiger partial charge in [-0.05, 0) is 69.7 Å². The number of piperidine rings is 1. The fraction of sp³-hybridized carbons (Fsp3) is 0.708. The van der Waals surface area contributed by atoms with E-state index in [1.807, 2.05) is 20.8 Å². The van der Waals surface area contributed by atoms with E-state index in [1.165, 1.54) is 0 Å². The zero-order chi connectivity index (χ0) is 26.1. The molecule has 4 atom stereocenters. The first-order valence-corrected chi connectivity index (χ1v) is 11.5. The van der Waals surface area contributed by atoms with Crippen LogP contribution in [0.4, 0.5) is 31.1 Å². The molecule has 0 radical (unpaired) electrons. The third kappa shape index (κ3) is 7.02. The van der Waals surface area contributed by atoms with Gasteiger partial charge in [0.25, 0.3) is 0 Å². The lowest BCUT2D eigenvalue weighted by molar-refractivity contribution is -0.143. The standard InChI is InChI=1S/C24H34F6N2O2/c1-7-18-12-19(14(3)20(8-2)32(18)21(33)34-22(4,5)6)31-13-15-9-16(23(25,26)27)11-17(10-15)24(28,29)30/h9-11,14,18-20,31H,7-8,12-13H2,1-6H3/t14?,18-,19+,20+/m1/s1. The van der Waals surface area contributed by atoms with Crippen LogP contribution in [0.25, 0.3) is 0 Å². The molecule has 2 rings (SSSR count). The topological polar surface area (TPSA) is 41.6 Å². The van der Waals surface area contributed by atoms with Gasteiger partial charge in [-0.2, -0.15) is 26.3 Å². The van der Waals surface area contributed by atoms with E-state index in [0.717, 1.165) is 12.1 Å². The molecule has 0 bridgehead atoms. The molecular weight excluding hydrogens is 462 g/mol. The molecule has 1 aromatic rings. The van der Waals surface area contributed by atoms with Crippen LogP contribution in [0.5, 0.6) is 0 Å². The van der Waals surface area contributed by atoms with Crippen molar-refractivity contribution in [2.45, 2.75) is 103 Å². The summed E-state index contributed by atoms with van der Waals surface area (Å²) >= 11 is 0. The molecule has 1 heterocycles. The number of amides is 1. The van der Waals surface area contributed by atoms with Crippen molar-refractivity contribution in [3.05, 3.63) is 34.9 Å². The first-order valence-electron chi connectivity index (χ1n) is 11.5. The Hall–Kier alpha value is -1.97. The smallest absolute Gasteiger partial charge is 0.416 e. The first kappa shape index (κ1) is 28.3. The number of hydrogen-bond acceptors (Lipinski definition) is 3. The van der Waals surface area contributed by atoms with Crippen LogP contribution in [-0.2, 0) is 23.6 Å². The second-order valence-corrected chi connectivity index (χ2v) is 9.92. The Morgan fingerprint density at radius 3 is 1.94 bits per heavy atom. The Labute approximate surface area is 197 Å². The van der Waals surface area contributed by atoms with Crippen LogP contribution in [0.15, 0.2) is 18.2 Å². The average Bonchev–Trinajstić information content (AvgIpc) is 2.69. The van der Waals surface area contributed by atoms with Gasteiger partial charge in [-0.15, -0.1) is 0 Å². The van der Waals surface area contributed by atoms with Crippen molar-refractivity contribution in [2.24, 2.45) is 5.92 Å². The lowest BCUT2D eigenvalue weighted by atomic mass is 9.80. The molecule has 4 nitrogen and oxygen atoms in total. The normalized spacial score (nSPS) is 24.3. The molecule has 1 fully saturated rings. The second kappa shape index (κ2) is 10.3. The van der Waals surface area contributed by atoms with Crippen molar-refractivity contribution >= 4 is 6.09 Å². The molecule has 0 aromatic heterocycles. The number of carbonyl (C=O) groups excluding carboxylic acids is 1. The molecule has 1 unspecified atom stereocenters. The predicted molar refractivity (Wildman–Crippen MR) is 117 cm³/mol. The number of nitrogens with one attached hydrogen (secondary N) is 1. The van der Waals surface area contributed by atoms with Gasteiger partial charge in [0.1, 0.15) is 5.60 Å². The Balaban J connectivity index is 2.26. The Morgan fingerprint density at radius 2 is 1.53 bits per heavy atom. The largest absolute Gasteiger partial charge is 0.444 e. The number of ether oxygens (including phenoxy) is 1. The van der Waals surface area contributed by atoms with Crippen molar-refractivity contribution < 1.29 is 35.9 Å². The number of carbonyl (C=O) groups is 1. The van der Waals surface area contributed by atoms with Gasteiger partial charge < -0.3 is 15.0 Å². The highest BCUT2D eigenvalue weighted by Crippen LogP contribution is 2.37. The van der Waals surface area contributed by atoms with E-state index in [-0.39, 0.29) is 42.2 Å². The molecule has 0 spiro atoms. The number of rotatable bonds is 5. The molecule has 1 N–H and O–H groups in total. The number of alkyl halides is 6. The van der Waals surface area contributed by atoms with Crippen LogP contribution in [0.1, 0.15) is 77.5 Å². The maximum Gasteiger partial charge on any atom is 0.416 e. The van der Waals surface area contributed by atoms with Gasteiger partial charge in [0.2, 0.25) is 0 Å². The third-order valence-corrected chi connectivity index (χ3v) is 6.23. The van der Waals surface area contributed by atoms with Crippen LogP contribution >= 0.6 is 0 Å². The zero-order valence-corrected chi connectivity index (χ0v) is 20.4. The summed E-state index contributed by atoms with van der Waals surface area (Å²) in [6.45, 7) is 11.0. The van der Waals surface area contributed by atoms with Crippen LogP contribution in [-0.4, -0.2) is 34.7 Å². The van der Waals surface area contributed by atoms with E-state index in [4.69, 9.17) is 4.74 Å². The van der Waals surface area contributed by atoms with E-state index in [9.17, 15) is 31.1 Å². The first-order chi connectivity index (χ1) is 15.5. The predicted octanol–water partition coefficient (Wildman–Crippen LogP) is 7.02. The van der Waals surface area contributed by atoms with Crippen LogP contribution in [0.2, 0.25) is 0 Å². The number of nitrogens with zero attached hydrogens (tertiary/aromatic N) is 1. The van der Waals surface area contributed by atoms with E-state index in [2.05, 4.69) is 5.32 Å². The minimum atomic E-state index is -4.89. The fourth-order valence-corrected chi connectivity index (χ4v) is 4.58. The summed E-state index contributed by atoms with van der Waals surface area (Å²) in [7, 11) is 0. The lowest BCUT2D eigenvalue weighted by Crippen LogP contribution is -2.60. The lowest BCUT2D eigenvalue weighted by Gasteiger charge is -2.49. The molecular formula is C24H34F6N2O2. The maximum atomic E-state index is 13.2. The van der Waals surface area contributed by atoms with Crippen LogP contribution in [0.3, 0.4) is 0 Å². The highest BCUT2D eigenvalue weighted by molar-refractivity contribution is 5.69. The molecule has 1 amide bonds. The van der Waals surface area contributed by atoms with E-state index >= 15 is 0 Å². The monoisotopic (exact) mass is 496 g/mol. The molecule has 0 aliphatic carbocycles. The van der Waals surface area contributed by atoms with E-state index in [1.54, 1.807) is 25.7 Å². The minimum absolute atomic E-state index is 0.0896. The highest BCUT2D eigenvalue weighted by Gasteiger charge is 2.43. The number of benzene rings is 1. The van der Waals surface area contributed by atoms with E-state index < -0.39 is 35.2 Å². The molecule has 1 aliphatic rings. The molecule has 1 saturated heterocycles. The van der Waals surface area contributed by atoms with Gasteiger partial charge in [-0.25, -0.2) is 4.79 Å². The van der Waals surface area contributed by atoms with Crippen molar-refractivity contribution in [3.8, 4) is 0 Å². The van der Waals surface area contributed by atoms with Gasteiger partial charge in [0.05, 0.1) is 11.1 Å². The van der Waals surface area contributed by atoms with Crippen molar-refractivity contribution in [3.63, 3.8) is 0 Å². The molecule has 1 aromatic carbocycles. The number of likely N-dealkylation sites (tertiary alicyclic amines) is 1. The van der Waals surface area contributed by atoms with Gasteiger partial charge in [-0.1, -0.05) is 20.8 Å².